The van der Waals surface area contributed by atoms with Gasteiger partial charge in [0.15, 0.2) is 5.82 Å². The van der Waals surface area contributed by atoms with E-state index in [0.717, 1.165) is 0 Å². The highest BCUT2D eigenvalue weighted by Gasteiger charge is 2.19. The molecule has 1 heterocycles. The van der Waals surface area contributed by atoms with Crippen LogP contribution in [0.25, 0.3) is 0 Å². The minimum absolute atomic E-state index is 0.207. The second kappa shape index (κ2) is 4.59. The van der Waals surface area contributed by atoms with Crippen molar-refractivity contribution in [2.75, 3.05) is 11.9 Å². The van der Waals surface area contributed by atoms with Crippen LogP contribution >= 0.6 is 0 Å². The summed E-state index contributed by atoms with van der Waals surface area (Å²) in [5, 5.41) is 8.87. The molecule has 1 aromatic rings. The van der Waals surface area contributed by atoms with Crippen LogP contribution in [-0.2, 0) is 9.53 Å². The molecular weight excluding hydrogens is 198 g/mol. The Kier molecular flexibility index (Phi) is 3.43. The number of H-pyrrole nitrogens is 1. The molecule has 0 radical (unpaired) electrons. The van der Waals surface area contributed by atoms with Crippen LogP contribution in [0.3, 0.4) is 0 Å². The second-order valence-electron chi connectivity index (χ2n) is 2.97. The summed E-state index contributed by atoms with van der Waals surface area (Å²) in [7, 11) is 0. The van der Waals surface area contributed by atoms with Gasteiger partial charge >= 0.3 is 5.97 Å². The lowest BCUT2D eigenvalue weighted by molar-refractivity contribution is -0.114. The fourth-order valence-corrected chi connectivity index (χ4v) is 1.14. The number of carbonyl (C=O) groups excluding carboxylic acids is 2. The summed E-state index contributed by atoms with van der Waals surface area (Å²) in [6.45, 7) is 5.03. The summed E-state index contributed by atoms with van der Waals surface area (Å²) in [5.41, 5.74) is 0.837. The zero-order valence-electron chi connectivity index (χ0n) is 8.88. The molecule has 1 rings (SSSR count). The van der Waals surface area contributed by atoms with Crippen LogP contribution in [0.5, 0.6) is 0 Å². The molecule has 0 fully saturated rings. The Balaban J connectivity index is 2.98. The van der Waals surface area contributed by atoms with Crippen LogP contribution in [0.1, 0.15) is 29.9 Å². The Morgan fingerprint density at radius 1 is 1.53 bits per heavy atom. The van der Waals surface area contributed by atoms with Gasteiger partial charge in [-0.1, -0.05) is 0 Å². The van der Waals surface area contributed by atoms with Crippen LogP contribution in [0.15, 0.2) is 0 Å². The van der Waals surface area contributed by atoms with Gasteiger partial charge in [-0.25, -0.2) is 4.79 Å². The van der Waals surface area contributed by atoms with Crippen LogP contribution in [0.4, 0.5) is 5.82 Å². The lowest BCUT2D eigenvalue weighted by Crippen LogP contribution is -2.12. The number of anilines is 1. The number of ether oxygens (including phenoxy) is 1. The fraction of sp³-hybridized carbons (Fsp3) is 0.444. The van der Waals surface area contributed by atoms with Gasteiger partial charge in [0, 0.05) is 12.6 Å². The number of aromatic nitrogens is 2. The van der Waals surface area contributed by atoms with Gasteiger partial charge in [-0.2, -0.15) is 5.10 Å². The number of hydrogen-bond acceptors (Lipinski definition) is 4. The molecule has 1 aromatic heterocycles. The third kappa shape index (κ3) is 2.55. The number of aryl methyl sites for hydroxylation is 1. The maximum Gasteiger partial charge on any atom is 0.343 e. The predicted octanol–water partition coefficient (Wildman–Crippen LogP) is 0.853. The molecule has 0 aliphatic heterocycles. The fourth-order valence-electron chi connectivity index (χ4n) is 1.14. The van der Waals surface area contributed by atoms with Crippen LogP contribution in [-0.4, -0.2) is 28.7 Å². The van der Waals surface area contributed by atoms with E-state index >= 15 is 0 Å². The molecule has 0 aliphatic rings. The molecule has 2 N–H and O–H groups in total. The number of carbonyl (C=O) groups is 2. The van der Waals surface area contributed by atoms with Crippen LogP contribution in [0.2, 0.25) is 0 Å². The Bertz CT molecular complexity index is 384. The average molecular weight is 211 g/mol. The molecule has 1 amide bonds. The van der Waals surface area contributed by atoms with Crippen molar-refractivity contribution in [2.24, 2.45) is 0 Å². The number of aromatic amines is 1. The summed E-state index contributed by atoms with van der Waals surface area (Å²) in [4.78, 5) is 22.3. The molecule has 15 heavy (non-hydrogen) atoms. The summed E-state index contributed by atoms with van der Waals surface area (Å²) in [5.74, 6) is -0.571. The topological polar surface area (TPSA) is 84.1 Å². The zero-order valence-corrected chi connectivity index (χ0v) is 8.88. The van der Waals surface area contributed by atoms with E-state index in [1.165, 1.54) is 6.92 Å². The highest BCUT2D eigenvalue weighted by molar-refractivity contribution is 6.00. The largest absolute Gasteiger partial charge is 0.462 e. The number of hydrogen-bond donors (Lipinski definition) is 2. The molecule has 6 heteroatoms. The van der Waals surface area contributed by atoms with E-state index in [2.05, 4.69) is 15.5 Å². The number of esters is 1. The third-order valence-corrected chi connectivity index (χ3v) is 1.72. The van der Waals surface area contributed by atoms with Crippen molar-refractivity contribution in [1.82, 2.24) is 10.2 Å². The maximum atomic E-state index is 11.5. The molecule has 0 aliphatic carbocycles. The highest BCUT2D eigenvalue weighted by atomic mass is 16.5. The molecule has 0 unspecified atom stereocenters. The lowest BCUT2D eigenvalue weighted by atomic mass is 10.2. The van der Waals surface area contributed by atoms with E-state index in [-0.39, 0.29) is 23.9 Å². The minimum Gasteiger partial charge on any atom is -0.462 e. The monoisotopic (exact) mass is 211 g/mol. The summed E-state index contributed by atoms with van der Waals surface area (Å²) < 4.78 is 4.84. The van der Waals surface area contributed by atoms with Crippen molar-refractivity contribution in [3.63, 3.8) is 0 Å². The van der Waals surface area contributed by atoms with Gasteiger partial charge in [0.25, 0.3) is 0 Å². The maximum absolute atomic E-state index is 11.5. The molecular formula is C9H13N3O3. The van der Waals surface area contributed by atoms with E-state index in [0.29, 0.717) is 5.69 Å². The van der Waals surface area contributed by atoms with Crippen molar-refractivity contribution in [2.45, 2.75) is 20.8 Å². The lowest BCUT2D eigenvalue weighted by Gasteiger charge is -2.03. The van der Waals surface area contributed by atoms with Crippen molar-refractivity contribution in [3.8, 4) is 0 Å². The highest BCUT2D eigenvalue weighted by Crippen LogP contribution is 2.16. The molecule has 6 nitrogen and oxygen atoms in total. The van der Waals surface area contributed by atoms with Gasteiger partial charge in [0.05, 0.1) is 6.61 Å². The van der Waals surface area contributed by atoms with E-state index in [1.54, 1.807) is 13.8 Å². The Morgan fingerprint density at radius 2 is 2.20 bits per heavy atom. The minimum atomic E-state index is -0.493. The van der Waals surface area contributed by atoms with Crippen molar-refractivity contribution >= 4 is 17.7 Å². The quantitative estimate of drug-likeness (QED) is 0.726. The third-order valence-electron chi connectivity index (χ3n) is 1.72. The molecule has 0 bridgehead atoms. The molecule has 0 atom stereocenters. The molecule has 0 aromatic carbocycles. The molecule has 0 saturated heterocycles. The van der Waals surface area contributed by atoms with E-state index in [4.69, 9.17) is 4.74 Å². The Hall–Kier alpha value is -1.85. The Labute approximate surface area is 87.0 Å². The van der Waals surface area contributed by atoms with E-state index in [1.807, 2.05) is 0 Å². The van der Waals surface area contributed by atoms with Gasteiger partial charge < -0.3 is 10.1 Å². The van der Waals surface area contributed by atoms with Crippen molar-refractivity contribution in [1.29, 1.82) is 0 Å². The number of nitrogens with one attached hydrogen (secondary N) is 2. The van der Waals surface area contributed by atoms with Crippen LogP contribution in [0, 0.1) is 6.92 Å². The number of amides is 1. The second-order valence-corrected chi connectivity index (χ2v) is 2.97. The van der Waals surface area contributed by atoms with Gasteiger partial charge in [0.2, 0.25) is 5.91 Å². The SMILES string of the molecule is CCOC(=O)c1c(NC(C)=O)n[nH]c1C. The summed E-state index contributed by atoms with van der Waals surface area (Å²) in [6.07, 6.45) is 0. The van der Waals surface area contributed by atoms with Gasteiger partial charge in [-0.05, 0) is 13.8 Å². The normalized spacial score (nSPS) is 9.80. The summed E-state index contributed by atoms with van der Waals surface area (Å²) >= 11 is 0. The zero-order chi connectivity index (χ0) is 11.4. The first-order valence-electron chi connectivity index (χ1n) is 4.56. The van der Waals surface area contributed by atoms with E-state index < -0.39 is 5.97 Å². The van der Waals surface area contributed by atoms with Gasteiger partial charge in [-0.15, -0.1) is 0 Å². The average Bonchev–Trinajstić information content (AvgIpc) is 2.46. The van der Waals surface area contributed by atoms with Gasteiger partial charge in [0.1, 0.15) is 5.56 Å². The first-order valence-corrected chi connectivity index (χ1v) is 4.56. The number of rotatable bonds is 3. The smallest absolute Gasteiger partial charge is 0.343 e. The predicted molar refractivity (Wildman–Crippen MR) is 53.6 cm³/mol. The Morgan fingerprint density at radius 3 is 2.73 bits per heavy atom. The standard InChI is InChI=1S/C9H13N3O3/c1-4-15-9(14)7-5(2)11-12-8(7)10-6(3)13/h4H2,1-3H3,(H2,10,11,12,13). The number of nitrogens with zero attached hydrogens (tertiary/aromatic N) is 1. The molecule has 0 spiro atoms. The van der Waals surface area contributed by atoms with Crippen molar-refractivity contribution < 1.29 is 14.3 Å². The first-order chi connectivity index (χ1) is 7.06. The van der Waals surface area contributed by atoms with E-state index in [9.17, 15) is 9.59 Å². The first kappa shape index (κ1) is 11.2. The molecule has 0 saturated carbocycles. The van der Waals surface area contributed by atoms with Gasteiger partial charge in [-0.3, -0.25) is 9.89 Å². The van der Waals surface area contributed by atoms with Crippen molar-refractivity contribution in [3.05, 3.63) is 11.3 Å². The summed E-state index contributed by atoms with van der Waals surface area (Å²) in [6, 6.07) is 0. The van der Waals surface area contributed by atoms with Crippen LogP contribution < -0.4 is 5.32 Å². The molecule has 82 valence electrons.